The van der Waals surface area contributed by atoms with E-state index >= 15 is 0 Å². The van der Waals surface area contributed by atoms with Gasteiger partial charge in [0.25, 0.3) is 5.91 Å². The van der Waals surface area contributed by atoms with E-state index in [1.807, 2.05) is 44.6 Å². The number of carbonyl (C=O) groups excluding carboxylic acids is 1. The predicted octanol–water partition coefficient (Wildman–Crippen LogP) is 1.98. The number of carbonyl (C=O) groups is 1. The molecule has 25 heavy (non-hydrogen) atoms. The second kappa shape index (κ2) is 6.88. The summed E-state index contributed by atoms with van der Waals surface area (Å²) in [5.41, 5.74) is 3.67. The van der Waals surface area contributed by atoms with Crippen molar-refractivity contribution in [2.75, 3.05) is 0 Å². The molecule has 0 spiro atoms. The highest BCUT2D eigenvalue weighted by atomic mass is 16.1. The Balaban J connectivity index is 1.70. The van der Waals surface area contributed by atoms with E-state index in [1.165, 1.54) is 5.56 Å². The van der Waals surface area contributed by atoms with Crippen molar-refractivity contribution in [2.24, 2.45) is 7.05 Å². The molecule has 0 fully saturated rings. The van der Waals surface area contributed by atoms with Gasteiger partial charge in [-0.25, -0.2) is 9.67 Å². The van der Waals surface area contributed by atoms with Gasteiger partial charge in [0.1, 0.15) is 5.69 Å². The second-order valence-corrected chi connectivity index (χ2v) is 6.18. The maximum absolute atomic E-state index is 12.5. The summed E-state index contributed by atoms with van der Waals surface area (Å²) in [5.74, 6) is 0.421. The van der Waals surface area contributed by atoms with Crippen molar-refractivity contribution in [3.63, 3.8) is 0 Å². The number of aromatic nitrogens is 5. The molecule has 3 rings (SSSR count). The van der Waals surface area contributed by atoms with Gasteiger partial charge in [0.05, 0.1) is 5.69 Å². The lowest BCUT2D eigenvalue weighted by molar-refractivity contribution is 0.0935. The lowest BCUT2D eigenvalue weighted by Crippen LogP contribution is -2.35. The molecule has 0 unspecified atom stereocenters. The first-order chi connectivity index (χ1) is 12.0. The summed E-state index contributed by atoms with van der Waals surface area (Å²) >= 11 is 0. The van der Waals surface area contributed by atoms with Gasteiger partial charge < -0.3 is 5.32 Å². The number of nitrogens with one attached hydrogen (secondary N) is 1. The summed E-state index contributed by atoms with van der Waals surface area (Å²) in [6.45, 7) is 6.02. The van der Waals surface area contributed by atoms with Crippen LogP contribution in [0.5, 0.6) is 0 Å². The van der Waals surface area contributed by atoms with Gasteiger partial charge in [-0.1, -0.05) is 6.07 Å². The molecule has 1 atom stereocenters. The Hall–Kier alpha value is -2.96. The zero-order valence-corrected chi connectivity index (χ0v) is 14.9. The molecular formula is C18H22N6O. The molecule has 1 amide bonds. The maximum Gasteiger partial charge on any atom is 0.270 e. The summed E-state index contributed by atoms with van der Waals surface area (Å²) in [5, 5.41) is 11.6. The minimum Gasteiger partial charge on any atom is -0.348 e. The largest absolute Gasteiger partial charge is 0.348 e. The van der Waals surface area contributed by atoms with Gasteiger partial charge in [0, 0.05) is 31.2 Å². The average Bonchev–Trinajstić information content (AvgIpc) is 3.20. The van der Waals surface area contributed by atoms with Crippen LogP contribution >= 0.6 is 0 Å². The maximum atomic E-state index is 12.5. The Morgan fingerprint density at radius 2 is 2.08 bits per heavy atom. The fourth-order valence-electron chi connectivity index (χ4n) is 2.85. The molecule has 0 aliphatic rings. The average molecular weight is 338 g/mol. The fourth-order valence-corrected chi connectivity index (χ4v) is 2.85. The topological polar surface area (TPSA) is 77.6 Å². The third-order valence-corrected chi connectivity index (χ3v) is 4.25. The standard InChI is InChI=1S/C18H22N6O/c1-12(11-15-13(2)22-23(4)14(15)3)20-18(25)16-7-5-8-17(21-16)24-10-6-9-19-24/h5-10,12H,11H2,1-4H3,(H,20,25)/t12-/m0/s1. The highest BCUT2D eigenvalue weighted by Crippen LogP contribution is 2.14. The number of rotatable bonds is 5. The van der Waals surface area contributed by atoms with Crippen LogP contribution in [0, 0.1) is 13.8 Å². The summed E-state index contributed by atoms with van der Waals surface area (Å²) in [7, 11) is 1.93. The second-order valence-electron chi connectivity index (χ2n) is 6.18. The number of hydrogen-bond donors (Lipinski definition) is 1. The van der Waals surface area contributed by atoms with Crippen LogP contribution in [0.1, 0.15) is 34.4 Å². The zero-order valence-electron chi connectivity index (χ0n) is 14.9. The van der Waals surface area contributed by atoms with Crippen LogP contribution in [0.4, 0.5) is 0 Å². The number of aryl methyl sites for hydroxylation is 2. The van der Waals surface area contributed by atoms with Crippen LogP contribution in [0.15, 0.2) is 36.7 Å². The number of amides is 1. The quantitative estimate of drug-likeness (QED) is 0.772. The van der Waals surface area contributed by atoms with Crippen LogP contribution < -0.4 is 5.32 Å². The monoisotopic (exact) mass is 338 g/mol. The van der Waals surface area contributed by atoms with Crippen molar-refractivity contribution < 1.29 is 4.79 Å². The Morgan fingerprint density at radius 3 is 2.72 bits per heavy atom. The molecule has 0 saturated carbocycles. The molecule has 130 valence electrons. The molecule has 0 saturated heterocycles. The van der Waals surface area contributed by atoms with Crippen molar-refractivity contribution in [1.29, 1.82) is 0 Å². The molecular weight excluding hydrogens is 316 g/mol. The zero-order chi connectivity index (χ0) is 18.0. The number of nitrogens with zero attached hydrogens (tertiary/aromatic N) is 5. The van der Waals surface area contributed by atoms with Gasteiger partial charge in [0.15, 0.2) is 5.82 Å². The normalized spacial score (nSPS) is 12.2. The molecule has 3 heterocycles. The van der Waals surface area contributed by atoms with Gasteiger partial charge in [0.2, 0.25) is 0 Å². The van der Waals surface area contributed by atoms with Crippen molar-refractivity contribution in [2.45, 2.75) is 33.2 Å². The summed E-state index contributed by atoms with van der Waals surface area (Å²) in [6.07, 6.45) is 4.20. The number of hydrogen-bond acceptors (Lipinski definition) is 4. The van der Waals surface area contributed by atoms with Crippen LogP contribution in [-0.2, 0) is 13.5 Å². The van der Waals surface area contributed by atoms with Crippen molar-refractivity contribution >= 4 is 5.91 Å². The smallest absolute Gasteiger partial charge is 0.270 e. The van der Waals surface area contributed by atoms with E-state index in [1.54, 1.807) is 29.2 Å². The first-order valence-corrected chi connectivity index (χ1v) is 8.22. The lowest BCUT2D eigenvalue weighted by Gasteiger charge is -2.14. The molecule has 0 aliphatic heterocycles. The molecule has 3 aromatic heterocycles. The van der Waals surface area contributed by atoms with E-state index in [9.17, 15) is 4.79 Å². The molecule has 7 nitrogen and oxygen atoms in total. The van der Waals surface area contributed by atoms with E-state index in [4.69, 9.17) is 0 Å². The van der Waals surface area contributed by atoms with Crippen molar-refractivity contribution in [1.82, 2.24) is 29.9 Å². The molecule has 7 heteroatoms. The van der Waals surface area contributed by atoms with E-state index in [2.05, 4.69) is 20.5 Å². The summed E-state index contributed by atoms with van der Waals surface area (Å²) in [6, 6.07) is 7.11. The van der Waals surface area contributed by atoms with Crippen LogP contribution in [0.3, 0.4) is 0 Å². The van der Waals surface area contributed by atoms with Crippen LogP contribution in [-0.4, -0.2) is 36.5 Å². The fraction of sp³-hybridized carbons (Fsp3) is 0.333. The molecule has 0 radical (unpaired) electrons. The minimum atomic E-state index is -0.194. The molecule has 1 N–H and O–H groups in total. The van der Waals surface area contributed by atoms with E-state index in [0.717, 1.165) is 17.8 Å². The van der Waals surface area contributed by atoms with Gasteiger partial charge in [-0.05, 0) is 51.0 Å². The third-order valence-electron chi connectivity index (χ3n) is 4.25. The van der Waals surface area contributed by atoms with Crippen molar-refractivity contribution in [3.8, 4) is 5.82 Å². The highest BCUT2D eigenvalue weighted by Gasteiger charge is 2.16. The molecule has 0 aliphatic carbocycles. The summed E-state index contributed by atoms with van der Waals surface area (Å²) < 4.78 is 3.50. The lowest BCUT2D eigenvalue weighted by atomic mass is 10.1. The van der Waals surface area contributed by atoms with E-state index in [0.29, 0.717) is 11.5 Å². The van der Waals surface area contributed by atoms with E-state index in [-0.39, 0.29) is 11.9 Å². The Bertz CT molecular complexity index is 881. The SMILES string of the molecule is Cc1nn(C)c(C)c1C[C@H](C)NC(=O)c1cccc(-n2cccn2)n1. The van der Waals surface area contributed by atoms with E-state index < -0.39 is 0 Å². The molecule has 0 aromatic carbocycles. The van der Waals surface area contributed by atoms with Crippen LogP contribution in [0.2, 0.25) is 0 Å². The first-order valence-electron chi connectivity index (χ1n) is 8.22. The highest BCUT2D eigenvalue weighted by molar-refractivity contribution is 5.92. The van der Waals surface area contributed by atoms with Gasteiger partial charge in [-0.3, -0.25) is 9.48 Å². The number of pyridine rings is 1. The molecule has 3 aromatic rings. The van der Waals surface area contributed by atoms with Crippen molar-refractivity contribution in [3.05, 3.63) is 59.3 Å². The Kier molecular flexibility index (Phi) is 4.65. The van der Waals surface area contributed by atoms with Gasteiger partial charge in [-0.15, -0.1) is 0 Å². The Morgan fingerprint density at radius 1 is 1.28 bits per heavy atom. The van der Waals surface area contributed by atoms with Gasteiger partial charge in [-0.2, -0.15) is 10.2 Å². The van der Waals surface area contributed by atoms with Crippen LogP contribution in [0.25, 0.3) is 5.82 Å². The minimum absolute atomic E-state index is 0.0238. The third kappa shape index (κ3) is 3.60. The predicted molar refractivity (Wildman–Crippen MR) is 94.7 cm³/mol. The first kappa shape index (κ1) is 16.9. The molecule has 0 bridgehead atoms. The van der Waals surface area contributed by atoms with Gasteiger partial charge >= 0.3 is 0 Å². The Labute approximate surface area is 146 Å². The summed E-state index contributed by atoms with van der Waals surface area (Å²) in [4.78, 5) is 16.9.